The minimum atomic E-state index is -0.507. The van der Waals surface area contributed by atoms with Gasteiger partial charge in [0.25, 0.3) is 0 Å². The molecule has 4 aromatic carbocycles. The van der Waals surface area contributed by atoms with Crippen molar-refractivity contribution in [3.63, 3.8) is 0 Å². The van der Waals surface area contributed by atoms with E-state index in [4.69, 9.17) is 9.47 Å². The maximum atomic E-state index is 12.3. The highest BCUT2D eigenvalue weighted by Gasteiger charge is 2.32. The first-order valence-electron chi connectivity index (χ1n) is 15.1. The lowest BCUT2D eigenvalue weighted by Gasteiger charge is -2.37. The smallest absolute Gasteiger partial charge is 0.315 e. The first-order chi connectivity index (χ1) is 21.5. The summed E-state index contributed by atoms with van der Waals surface area (Å²) in [6.45, 7) is 6.33. The third-order valence-corrected chi connectivity index (χ3v) is 7.76. The SMILES string of the molecule is C=CCN(C)CC1CC(c2ccc(CO)cc2)OC(c2ccc(-c3cccc(CNC(=O)NCc4ccccc4)c3)cc2)O1. The lowest BCUT2D eigenvalue weighted by molar-refractivity contribution is -0.252. The predicted molar refractivity (Wildman–Crippen MR) is 174 cm³/mol. The van der Waals surface area contributed by atoms with Crippen molar-refractivity contribution in [3.05, 3.63) is 144 Å². The fraction of sp³-hybridized carbons (Fsp3) is 0.270. The molecule has 3 unspecified atom stereocenters. The van der Waals surface area contributed by atoms with Gasteiger partial charge in [0.05, 0.1) is 18.8 Å². The normalized spacial score (nSPS) is 18.1. The Hall–Kier alpha value is -4.27. The largest absolute Gasteiger partial charge is 0.392 e. The second-order valence-electron chi connectivity index (χ2n) is 11.2. The van der Waals surface area contributed by atoms with E-state index in [1.165, 1.54) is 0 Å². The summed E-state index contributed by atoms with van der Waals surface area (Å²) < 4.78 is 13.0. The second kappa shape index (κ2) is 15.5. The Kier molecular flexibility index (Phi) is 10.9. The van der Waals surface area contributed by atoms with Gasteiger partial charge in [-0.15, -0.1) is 6.58 Å². The lowest BCUT2D eigenvalue weighted by atomic mass is 9.99. The zero-order chi connectivity index (χ0) is 30.7. The number of amides is 2. The van der Waals surface area contributed by atoms with Crippen molar-refractivity contribution in [3.8, 4) is 11.1 Å². The summed E-state index contributed by atoms with van der Waals surface area (Å²) in [7, 11) is 2.07. The van der Waals surface area contributed by atoms with Gasteiger partial charge in [-0.3, -0.25) is 0 Å². The van der Waals surface area contributed by atoms with Gasteiger partial charge in [-0.05, 0) is 46.5 Å². The second-order valence-corrected chi connectivity index (χ2v) is 11.2. The van der Waals surface area contributed by atoms with Crippen molar-refractivity contribution >= 4 is 6.03 Å². The van der Waals surface area contributed by atoms with Crippen LogP contribution in [0.4, 0.5) is 4.79 Å². The molecule has 0 aliphatic carbocycles. The fourth-order valence-corrected chi connectivity index (χ4v) is 5.39. The summed E-state index contributed by atoms with van der Waals surface area (Å²) in [5.74, 6) is 0. The molecule has 1 aliphatic rings. The van der Waals surface area contributed by atoms with Crippen LogP contribution in [0.5, 0.6) is 0 Å². The molecule has 7 heteroatoms. The molecule has 228 valence electrons. The summed E-state index contributed by atoms with van der Waals surface area (Å²) in [6.07, 6.45) is 1.98. The van der Waals surface area contributed by atoms with Crippen molar-refractivity contribution in [1.29, 1.82) is 0 Å². The molecule has 1 heterocycles. The standard InChI is InChI=1S/C37H41N3O4/c1-3-20-40(2)25-34-22-35(31-14-12-28(26-41)13-15-31)44-36(43-34)32-18-16-30(17-19-32)33-11-7-10-29(21-33)24-39-37(42)38-23-27-8-5-4-6-9-27/h3-19,21,34-36,41H,1,20,22-26H2,2H3,(H2,38,39,42). The number of carbonyl (C=O) groups is 1. The molecule has 0 saturated carbocycles. The van der Waals surface area contributed by atoms with Gasteiger partial charge in [0.15, 0.2) is 6.29 Å². The van der Waals surface area contributed by atoms with Gasteiger partial charge in [0.1, 0.15) is 0 Å². The van der Waals surface area contributed by atoms with Gasteiger partial charge in [-0.2, -0.15) is 0 Å². The van der Waals surface area contributed by atoms with E-state index in [9.17, 15) is 9.90 Å². The number of hydrogen-bond donors (Lipinski definition) is 3. The molecule has 1 fully saturated rings. The molecule has 7 nitrogen and oxygen atoms in total. The van der Waals surface area contributed by atoms with Crippen LogP contribution in [0.25, 0.3) is 11.1 Å². The highest BCUT2D eigenvalue weighted by molar-refractivity contribution is 5.74. The van der Waals surface area contributed by atoms with Crippen LogP contribution in [0.15, 0.2) is 116 Å². The van der Waals surface area contributed by atoms with Crippen LogP contribution >= 0.6 is 0 Å². The lowest BCUT2D eigenvalue weighted by Crippen LogP contribution is -2.37. The van der Waals surface area contributed by atoms with E-state index in [1.807, 2.05) is 72.8 Å². The molecule has 3 atom stereocenters. The molecular weight excluding hydrogens is 550 g/mol. The Morgan fingerprint density at radius 2 is 1.52 bits per heavy atom. The van der Waals surface area contributed by atoms with E-state index in [1.54, 1.807) is 0 Å². The van der Waals surface area contributed by atoms with Gasteiger partial charge in [0.2, 0.25) is 0 Å². The third kappa shape index (κ3) is 8.65. The Labute approximate surface area is 260 Å². The highest BCUT2D eigenvalue weighted by atomic mass is 16.7. The quantitative estimate of drug-likeness (QED) is 0.164. The predicted octanol–water partition coefficient (Wildman–Crippen LogP) is 6.51. The van der Waals surface area contributed by atoms with Crippen LogP contribution < -0.4 is 10.6 Å². The van der Waals surface area contributed by atoms with Crippen molar-refractivity contribution in [1.82, 2.24) is 15.5 Å². The minimum absolute atomic E-state index is 0.0162. The molecule has 44 heavy (non-hydrogen) atoms. The number of nitrogens with one attached hydrogen (secondary N) is 2. The van der Waals surface area contributed by atoms with Crippen LogP contribution in [0.2, 0.25) is 0 Å². The number of ether oxygens (including phenoxy) is 2. The van der Waals surface area contributed by atoms with Gasteiger partial charge >= 0.3 is 6.03 Å². The summed E-state index contributed by atoms with van der Waals surface area (Å²) in [5.41, 5.74) is 7.11. The van der Waals surface area contributed by atoms with E-state index in [0.717, 1.165) is 58.5 Å². The summed E-state index contributed by atoms with van der Waals surface area (Å²) >= 11 is 0. The number of carbonyl (C=O) groups excluding carboxylic acids is 1. The average Bonchev–Trinajstić information content (AvgIpc) is 3.07. The van der Waals surface area contributed by atoms with Crippen LogP contribution in [-0.4, -0.2) is 42.3 Å². The van der Waals surface area contributed by atoms with Crippen molar-refractivity contribution < 1.29 is 19.4 Å². The number of rotatable bonds is 12. The first-order valence-corrected chi connectivity index (χ1v) is 15.1. The maximum Gasteiger partial charge on any atom is 0.315 e. The molecule has 1 saturated heterocycles. The molecule has 0 spiro atoms. The molecule has 0 bridgehead atoms. The van der Waals surface area contributed by atoms with Gasteiger partial charge in [0, 0.05) is 38.2 Å². The summed E-state index contributed by atoms with van der Waals surface area (Å²) in [4.78, 5) is 14.5. The van der Waals surface area contributed by atoms with Crippen LogP contribution in [0.3, 0.4) is 0 Å². The number of aliphatic hydroxyl groups is 1. The van der Waals surface area contributed by atoms with Crippen molar-refractivity contribution in [2.45, 2.75) is 44.6 Å². The van der Waals surface area contributed by atoms with Crippen molar-refractivity contribution in [2.24, 2.45) is 0 Å². The minimum Gasteiger partial charge on any atom is -0.392 e. The summed E-state index contributed by atoms with van der Waals surface area (Å²) in [5, 5.41) is 15.3. The number of urea groups is 1. The van der Waals surface area contributed by atoms with E-state index in [-0.39, 0.29) is 24.8 Å². The highest BCUT2D eigenvalue weighted by Crippen LogP contribution is 2.38. The Balaban J connectivity index is 1.24. The number of aliphatic hydroxyl groups excluding tert-OH is 1. The van der Waals surface area contributed by atoms with Gasteiger partial charge in [-0.1, -0.05) is 103 Å². The Morgan fingerprint density at radius 3 is 2.23 bits per heavy atom. The van der Waals surface area contributed by atoms with Crippen molar-refractivity contribution in [2.75, 3.05) is 20.1 Å². The molecular formula is C37H41N3O4. The molecule has 1 aliphatic heterocycles. The topological polar surface area (TPSA) is 83.1 Å². The number of nitrogens with zero attached hydrogens (tertiary/aromatic N) is 1. The maximum absolute atomic E-state index is 12.3. The van der Waals surface area contributed by atoms with Gasteiger partial charge < -0.3 is 30.1 Å². The first kappa shape index (κ1) is 31.2. The number of likely N-dealkylation sites (N-methyl/N-ethyl adjacent to an activating group) is 1. The van der Waals surface area contributed by atoms with E-state index < -0.39 is 6.29 Å². The summed E-state index contributed by atoms with van der Waals surface area (Å²) in [6, 6.07) is 34.0. The Bertz CT molecular complexity index is 1490. The zero-order valence-corrected chi connectivity index (χ0v) is 25.2. The van der Waals surface area contributed by atoms with E-state index >= 15 is 0 Å². The third-order valence-electron chi connectivity index (χ3n) is 7.76. The average molecular weight is 592 g/mol. The van der Waals surface area contributed by atoms with Gasteiger partial charge in [-0.25, -0.2) is 4.79 Å². The molecule has 2 amide bonds. The number of benzene rings is 4. The van der Waals surface area contributed by atoms with E-state index in [2.05, 4.69) is 65.6 Å². The monoisotopic (exact) mass is 591 g/mol. The molecule has 0 aromatic heterocycles. The van der Waals surface area contributed by atoms with Crippen LogP contribution in [0.1, 0.15) is 46.6 Å². The van der Waals surface area contributed by atoms with E-state index in [0.29, 0.717) is 13.1 Å². The zero-order valence-electron chi connectivity index (χ0n) is 25.2. The fourth-order valence-electron chi connectivity index (χ4n) is 5.39. The van der Waals surface area contributed by atoms with Crippen LogP contribution in [0, 0.1) is 0 Å². The molecule has 5 rings (SSSR count). The van der Waals surface area contributed by atoms with Crippen LogP contribution in [-0.2, 0) is 29.2 Å². The molecule has 3 N–H and O–H groups in total. The molecule has 4 aromatic rings. The number of hydrogen-bond acceptors (Lipinski definition) is 5. The Morgan fingerprint density at radius 1 is 0.841 bits per heavy atom. The molecule has 0 radical (unpaired) electrons.